The minimum atomic E-state index is -3.65. The van der Waals surface area contributed by atoms with Gasteiger partial charge in [0, 0.05) is 12.6 Å². The van der Waals surface area contributed by atoms with Gasteiger partial charge in [-0.15, -0.1) is 0 Å². The number of hydrogen-bond donors (Lipinski definition) is 2. The Kier molecular flexibility index (Phi) is 6.14. The number of sulfonamides is 1. The summed E-state index contributed by atoms with van der Waals surface area (Å²) in [7, 11) is -3.65. The van der Waals surface area contributed by atoms with Crippen LogP contribution in [0.25, 0.3) is 0 Å². The van der Waals surface area contributed by atoms with Crippen LogP contribution in [0.1, 0.15) is 12.5 Å². The molecule has 0 fully saturated rings. The lowest BCUT2D eigenvalue weighted by atomic mass is 10.1. The van der Waals surface area contributed by atoms with E-state index in [-0.39, 0.29) is 10.8 Å². The molecule has 20 heavy (non-hydrogen) atoms. The molecule has 5 nitrogen and oxygen atoms in total. The van der Waals surface area contributed by atoms with Crippen molar-refractivity contribution in [2.24, 2.45) is 5.14 Å². The third kappa shape index (κ3) is 5.81. The number of carbonyl (C=O) groups excluding carboxylic acids is 1. The highest BCUT2D eigenvalue weighted by atomic mass is 32.2. The molecule has 0 atom stereocenters. The van der Waals surface area contributed by atoms with Gasteiger partial charge in [0.15, 0.2) is 0 Å². The number of amides is 1. The average molecular weight is 294 g/mol. The summed E-state index contributed by atoms with van der Waals surface area (Å²) in [5.41, 5.74) is 0.926. The zero-order chi connectivity index (χ0) is 15.0. The number of nitrogens with two attached hydrogens (primary N) is 1. The van der Waals surface area contributed by atoms with Gasteiger partial charge in [0.25, 0.3) is 0 Å². The molecule has 3 N–H and O–H groups in total. The van der Waals surface area contributed by atoms with Crippen molar-refractivity contribution in [1.82, 2.24) is 5.32 Å². The predicted octanol–water partition coefficient (Wildman–Crippen LogP) is 1.13. The highest BCUT2D eigenvalue weighted by molar-refractivity contribution is 7.89. The lowest BCUT2D eigenvalue weighted by Gasteiger charge is -2.04. The minimum absolute atomic E-state index is 0.0829. The first-order chi connectivity index (χ1) is 9.43. The zero-order valence-corrected chi connectivity index (χ0v) is 12.1. The highest BCUT2D eigenvalue weighted by Gasteiger charge is 2.06. The van der Waals surface area contributed by atoms with Gasteiger partial charge >= 0.3 is 0 Å². The number of hydrogen-bond acceptors (Lipinski definition) is 3. The van der Waals surface area contributed by atoms with Crippen molar-refractivity contribution in [2.75, 3.05) is 6.54 Å². The maximum atomic E-state index is 11.4. The monoisotopic (exact) mass is 294 g/mol. The van der Waals surface area contributed by atoms with Crippen molar-refractivity contribution in [3.05, 3.63) is 54.1 Å². The van der Waals surface area contributed by atoms with E-state index in [1.807, 2.05) is 13.0 Å². The number of allylic oxidation sites excluding steroid dienone is 3. The molecule has 0 unspecified atom stereocenters. The predicted molar refractivity (Wildman–Crippen MR) is 78.5 cm³/mol. The van der Waals surface area contributed by atoms with Gasteiger partial charge in [-0.05, 0) is 31.0 Å². The molecule has 0 heterocycles. The summed E-state index contributed by atoms with van der Waals surface area (Å²) in [6, 6.07) is 6.28. The SMILES string of the molecule is CC=CC=CC(=O)NCCc1ccc(S(N)(=O)=O)cc1. The van der Waals surface area contributed by atoms with Crippen LogP contribution >= 0.6 is 0 Å². The van der Waals surface area contributed by atoms with Crippen molar-refractivity contribution in [1.29, 1.82) is 0 Å². The lowest BCUT2D eigenvalue weighted by molar-refractivity contribution is -0.116. The summed E-state index contributed by atoms with van der Waals surface area (Å²) in [6.07, 6.45) is 7.33. The number of carbonyl (C=O) groups is 1. The number of rotatable bonds is 6. The Morgan fingerprint density at radius 1 is 1.25 bits per heavy atom. The van der Waals surface area contributed by atoms with Crippen LogP contribution in [0.4, 0.5) is 0 Å². The molecule has 1 aromatic carbocycles. The fourth-order valence-corrected chi connectivity index (χ4v) is 2.00. The second kappa shape index (κ2) is 7.62. The van der Waals surface area contributed by atoms with E-state index in [0.29, 0.717) is 13.0 Å². The van der Waals surface area contributed by atoms with E-state index in [1.165, 1.54) is 18.2 Å². The van der Waals surface area contributed by atoms with E-state index in [1.54, 1.807) is 24.3 Å². The van der Waals surface area contributed by atoms with Gasteiger partial charge in [0.1, 0.15) is 0 Å². The van der Waals surface area contributed by atoms with Crippen LogP contribution in [0.5, 0.6) is 0 Å². The molecular formula is C14H18N2O3S. The van der Waals surface area contributed by atoms with Gasteiger partial charge in [-0.25, -0.2) is 13.6 Å². The van der Waals surface area contributed by atoms with Gasteiger partial charge < -0.3 is 5.32 Å². The molecule has 0 aromatic heterocycles. The van der Waals surface area contributed by atoms with E-state index >= 15 is 0 Å². The molecule has 1 rings (SSSR count). The van der Waals surface area contributed by atoms with E-state index in [2.05, 4.69) is 5.32 Å². The molecular weight excluding hydrogens is 276 g/mol. The van der Waals surface area contributed by atoms with Crippen LogP contribution in [0.15, 0.2) is 53.5 Å². The van der Waals surface area contributed by atoms with Gasteiger partial charge in [0.2, 0.25) is 15.9 Å². The number of nitrogens with one attached hydrogen (secondary N) is 1. The Labute approximate surface area is 119 Å². The topological polar surface area (TPSA) is 89.3 Å². The first kappa shape index (κ1) is 16.1. The molecule has 0 spiro atoms. The summed E-state index contributed by atoms with van der Waals surface area (Å²) in [5.74, 6) is -0.163. The summed E-state index contributed by atoms with van der Waals surface area (Å²) in [4.78, 5) is 11.4. The minimum Gasteiger partial charge on any atom is -0.352 e. The largest absolute Gasteiger partial charge is 0.352 e. The van der Waals surface area contributed by atoms with Crippen molar-refractivity contribution < 1.29 is 13.2 Å². The lowest BCUT2D eigenvalue weighted by Crippen LogP contribution is -2.23. The zero-order valence-electron chi connectivity index (χ0n) is 11.2. The Morgan fingerprint density at radius 3 is 2.45 bits per heavy atom. The molecule has 108 valence electrons. The smallest absolute Gasteiger partial charge is 0.243 e. The standard InChI is InChI=1S/C14H18N2O3S/c1-2-3-4-5-14(17)16-11-10-12-6-8-13(9-7-12)20(15,18)19/h2-9H,10-11H2,1H3,(H,16,17)(H2,15,18,19). The van der Waals surface area contributed by atoms with Crippen LogP contribution in [0, 0.1) is 0 Å². The average Bonchev–Trinajstić information content (AvgIpc) is 2.38. The van der Waals surface area contributed by atoms with E-state index in [9.17, 15) is 13.2 Å². The summed E-state index contributed by atoms with van der Waals surface area (Å²) < 4.78 is 22.2. The Hall–Kier alpha value is -1.92. The van der Waals surface area contributed by atoms with Gasteiger partial charge in [-0.2, -0.15) is 0 Å². The van der Waals surface area contributed by atoms with Gasteiger partial charge in [0.05, 0.1) is 4.90 Å². The Morgan fingerprint density at radius 2 is 1.90 bits per heavy atom. The maximum absolute atomic E-state index is 11.4. The van der Waals surface area contributed by atoms with Crippen LogP contribution in [-0.2, 0) is 21.2 Å². The molecule has 0 aliphatic rings. The van der Waals surface area contributed by atoms with Gasteiger partial charge in [-0.3, -0.25) is 4.79 Å². The van der Waals surface area contributed by atoms with Crippen LogP contribution in [0.3, 0.4) is 0 Å². The highest BCUT2D eigenvalue weighted by Crippen LogP contribution is 2.08. The van der Waals surface area contributed by atoms with Crippen molar-refractivity contribution in [2.45, 2.75) is 18.2 Å². The van der Waals surface area contributed by atoms with E-state index in [0.717, 1.165) is 5.56 Å². The van der Waals surface area contributed by atoms with E-state index in [4.69, 9.17) is 5.14 Å². The van der Waals surface area contributed by atoms with Crippen molar-refractivity contribution in [3.63, 3.8) is 0 Å². The molecule has 1 aromatic rings. The second-order valence-electron chi connectivity index (χ2n) is 4.11. The second-order valence-corrected chi connectivity index (χ2v) is 5.68. The van der Waals surface area contributed by atoms with Crippen molar-refractivity contribution >= 4 is 15.9 Å². The first-order valence-corrected chi connectivity index (χ1v) is 7.67. The third-order valence-corrected chi connectivity index (χ3v) is 3.45. The molecule has 0 saturated carbocycles. The Balaban J connectivity index is 2.45. The maximum Gasteiger partial charge on any atom is 0.243 e. The van der Waals surface area contributed by atoms with E-state index < -0.39 is 10.0 Å². The summed E-state index contributed by atoms with van der Waals surface area (Å²) in [6.45, 7) is 2.35. The summed E-state index contributed by atoms with van der Waals surface area (Å²) >= 11 is 0. The normalized spacial score (nSPS) is 12.1. The summed E-state index contributed by atoms with van der Waals surface area (Å²) in [5, 5.41) is 7.74. The Bertz CT molecular complexity index is 602. The molecule has 0 aliphatic carbocycles. The molecule has 6 heteroatoms. The fourth-order valence-electron chi connectivity index (χ4n) is 1.49. The first-order valence-electron chi connectivity index (χ1n) is 6.12. The molecule has 0 bridgehead atoms. The molecule has 0 radical (unpaired) electrons. The third-order valence-electron chi connectivity index (χ3n) is 2.52. The quantitative estimate of drug-likeness (QED) is 0.608. The van der Waals surface area contributed by atoms with Crippen LogP contribution in [0.2, 0.25) is 0 Å². The number of primary sulfonamides is 1. The van der Waals surface area contributed by atoms with Crippen LogP contribution in [-0.4, -0.2) is 20.9 Å². The van der Waals surface area contributed by atoms with Gasteiger partial charge in [-0.1, -0.05) is 30.4 Å². The number of benzene rings is 1. The molecule has 0 aliphatic heterocycles. The van der Waals surface area contributed by atoms with Crippen LogP contribution < -0.4 is 10.5 Å². The van der Waals surface area contributed by atoms with Crippen molar-refractivity contribution in [3.8, 4) is 0 Å². The molecule has 0 saturated heterocycles. The fraction of sp³-hybridized carbons (Fsp3) is 0.214. The molecule has 1 amide bonds.